The maximum Gasteiger partial charge on any atom is 0.249 e. The van der Waals surface area contributed by atoms with Crippen LogP contribution in [0.15, 0.2) is 44.4 Å². The Bertz CT molecular complexity index is 1430. The zero-order chi connectivity index (χ0) is 30.7. The number of primary amides is 2. The third-order valence-electron chi connectivity index (χ3n) is 9.76. The van der Waals surface area contributed by atoms with Gasteiger partial charge >= 0.3 is 0 Å². The average Bonchev–Trinajstić information content (AvgIpc) is 3.47. The molecule has 2 amide bonds. The summed E-state index contributed by atoms with van der Waals surface area (Å²) in [5, 5.41) is 20.5. The van der Waals surface area contributed by atoms with Crippen molar-refractivity contribution in [3.8, 4) is 0 Å². The standard InChI is InChI=1S/2C17H20BrNO2/c2*1-17(2,21)10-3-4-11-9(7-10)8-13-12(16(19)20)5-6-14(18)15(11)13/h2*5-6,10,21H,3-4,7-8H2,1-2H3,(H2,19,20)/t2*10-/m10/s1. The first kappa shape index (κ1) is 31.2. The number of nitrogens with two attached hydrogens (primary N) is 2. The van der Waals surface area contributed by atoms with Crippen molar-refractivity contribution >= 4 is 54.8 Å². The van der Waals surface area contributed by atoms with E-state index >= 15 is 0 Å². The van der Waals surface area contributed by atoms with E-state index in [-0.39, 0.29) is 23.7 Å². The second-order valence-electron chi connectivity index (χ2n) is 13.3. The monoisotopic (exact) mass is 698 g/mol. The van der Waals surface area contributed by atoms with Crippen LogP contribution in [0.1, 0.15) is 109 Å². The number of fused-ring (bicyclic) bond motifs is 4. The van der Waals surface area contributed by atoms with Crippen LogP contribution in [0.3, 0.4) is 0 Å². The molecule has 0 aromatic heterocycles. The lowest BCUT2D eigenvalue weighted by atomic mass is 9.76. The minimum absolute atomic E-state index is 0.279. The molecular weight excluding hydrogens is 660 g/mol. The summed E-state index contributed by atoms with van der Waals surface area (Å²) in [6, 6.07) is 7.43. The number of aliphatic hydroxyl groups is 2. The smallest absolute Gasteiger partial charge is 0.249 e. The summed E-state index contributed by atoms with van der Waals surface area (Å²) in [5.41, 5.74) is 20.8. The highest BCUT2D eigenvalue weighted by molar-refractivity contribution is 9.10. The molecular formula is C34H40Br2N2O4. The van der Waals surface area contributed by atoms with E-state index in [0.717, 1.165) is 82.6 Å². The maximum atomic E-state index is 11.6. The first-order valence-electron chi connectivity index (χ1n) is 14.7. The van der Waals surface area contributed by atoms with E-state index in [1.54, 1.807) is 12.1 Å². The Morgan fingerprint density at radius 2 is 1.07 bits per heavy atom. The number of hydrogen-bond donors (Lipinski definition) is 4. The molecule has 0 saturated carbocycles. The zero-order valence-corrected chi connectivity index (χ0v) is 27.9. The molecule has 8 heteroatoms. The molecule has 4 aliphatic carbocycles. The Morgan fingerprint density at radius 3 is 1.38 bits per heavy atom. The van der Waals surface area contributed by atoms with Gasteiger partial charge in [-0.15, -0.1) is 0 Å². The van der Waals surface area contributed by atoms with E-state index in [2.05, 4.69) is 31.9 Å². The molecule has 0 aliphatic heterocycles. The van der Waals surface area contributed by atoms with Gasteiger partial charge in [0, 0.05) is 20.1 Å². The van der Waals surface area contributed by atoms with Gasteiger partial charge in [0.15, 0.2) is 0 Å². The molecule has 6 N–H and O–H groups in total. The number of amides is 2. The van der Waals surface area contributed by atoms with Crippen LogP contribution in [0.4, 0.5) is 0 Å². The predicted octanol–water partition coefficient (Wildman–Crippen LogP) is 6.86. The van der Waals surface area contributed by atoms with Crippen LogP contribution in [-0.4, -0.2) is 33.2 Å². The summed E-state index contributed by atoms with van der Waals surface area (Å²) < 4.78 is 2.07. The van der Waals surface area contributed by atoms with Gasteiger partial charge in [0.05, 0.1) is 11.2 Å². The summed E-state index contributed by atoms with van der Waals surface area (Å²) in [6.07, 6.45) is 7.25. The summed E-state index contributed by atoms with van der Waals surface area (Å²) >= 11 is 7.22. The fourth-order valence-electron chi connectivity index (χ4n) is 7.35. The van der Waals surface area contributed by atoms with Crippen molar-refractivity contribution in [2.24, 2.45) is 23.3 Å². The Kier molecular flexibility index (Phi) is 8.42. The lowest BCUT2D eigenvalue weighted by Gasteiger charge is -2.33. The molecule has 0 fully saturated rings. The van der Waals surface area contributed by atoms with E-state index in [1.165, 1.54) is 22.3 Å². The fourth-order valence-corrected chi connectivity index (χ4v) is 8.57. The van der Waals surface area contributed by atoms with Gasteiger partial charge in [-0.25, -0.2) is 0 Å². The minimum atomic E-state index is -0.656. The van der Waals surface area contributed by atoms with Gasteiger partial charge < -0.3 is 21.7 Å². The van der Waals surface area contributed by atoms with Gasteiger partial charge in [0.1, 0.15) is 0 Å². The van der Waals surface area contributed by atoms with Crippen molar-refractivity contribution in [2.45, 2.75) is 90.3 Å². The minimum Gasteiger partial charge on any atom is -0.390 e. The summed E-state index contributed by atoms with van der Waals surface area (Å²) in [5.74, 6) is -0.169. The van der Waals surface area contributed by atoms with Gasteiger partial charge in [0.25, 0.3) is 0 Å². The molecule has 2 aromatic carbocycles. The van der Waals surface area contributed by atoms with Crippen LogP contribution in [0.25, 0.3) is 11.1 Å². The molecule has 42 heavy (non-hydrogen) atoms. The highest BCUT2D eigenvalue weighted by Crippen LogP contribution is 2.50. The third kappa shape index (κ3) is 5.80. The molecule has 6 nitrogen and oxygen atoms in total. The molecule has 0 unspecified atom stereocenters. The van der Waals surface area contributed by atoms with Crippen LogP contribution in [-0.2, 0) is 12.8 Å². The largest absolute Gasteiger partial charge is 0.390 e. The molecule has 0 heterocycles. The van der Waals surface area contributed by atoms with Crippen LogP contribution in [0, 0.1) is 11.8 Å². The number of carbonyl (C=O) groups is 2. The molecule has 0 saturated heterocycles. The number of halogens is 2. The summed E-state index contributed by atoms with van der Waals surface area (Å²) in [6.45, 7) is 7.54. The van der Waals surface area contributed by atoms with Gasteiger partial charge in [-0.3, -0.25) is 9.59 Å². The Morgan fingerprint density at radius 1 is 0.714 bits per heavy atom. The van der Waals surface area contributed by atoms with Gasteiger partial charge in [-0.05, 0) is 149 Å². The number of rotatable bonds is 4. The SMILES string of the molecule is CC(C)(O)[C@@H]1CCC2=C(Cc3c(C(N)=O)ccc(Br)c32)C1.CC(C)(O)[C@H]1CCC2=C(Cc3c(C(N)=O)ccc(Br)c32)C1. The molecule has 0 spiro atoms. The lowest BCUT2D eigenvalue weighted by molar-refractivity contribution is 0.0118. The molecule has 224 valence electrons. The average molecular weight is 701 g/mol. The number of carbonyl (C=O) groups excluding carboxylic acids is 2. The van der Waals surface area contributed by atoms with E-state index < -0.39 is 11.2 Å². The van der Waals surface area contributed by atoms with Crippen molar-refractivity contribution in [3.05, 3.63) is 77.7 Å². The highest BCUT2D eigenvalue weighted by atomic mass is 79.9. The van der Waals surface area contributed by atoms with Crippen molar-refractivity contribution in [1.82, 2.24) is 0 Å². The topological polar surface area (TPSA) is 127 Å². The van der Waals surface area contributed by atoms with E-state index in [4.69, 9.17) is 11.5 Å². The molecule has 2 aromatic rings. The Balaban J connectivity index is 0.000000168. The number of benzene rings is 2. The molecule has 2 atom stereocenters. The van der Waals surface area contributed by atoms with Crippen LogP contribution < -0.4 is 11.5 Å². The van der Waals surface area contributed by atoms with Gasteiger partial charge in [0.2, 0.25) is 11.8 Å². The summed E-state index contributed by atoms with van der Waals surface area (Å²) in [4.78, 5) is 23.3. The Hall–Kier alpha value is -2.26. The predicted molar refractivity (Wildman–Crippen MR) is 174 cm³/mol. The van der Waals surface area contributed by atoms with Crippen LogP contribution >= 0.6 is 31.9 Å². The first-order chi connectivity index (χ1) is 19.6. The van der Waals surface area contributed by atoms with Gasteiger partial charge in [-0.1, -0.05) is 43.0 Å². The summed E-state index contributed by atoms with van der Waals surface area (Å²) in [7, 11) is 0. The van der Waals surface area contributed by atoms with E-state index in [1.807, 2.05) is 39.8 Å². The maximum absolute atomic E-state index is 11.6. The molecule has 6 rings (SSSR count). The normalized spacial score (nSPS) is 21.2. The zero-order valence-electron chi connectivity index (χ0n) is 24.7. The molecule has 4 aliphatic rings. The van der Waals surface area contributed by atoms with Crippen molar-refractivity contribution in [2.75, 3.05) is 0 Å². The van der Waals surface area contributed by atoms with Crippen molar-refractivity contribution in [3.63, 3.8) is 0 Å². The molecule has 0 radical (unpaired) electrons. The van der Waals surface area contributed by atoms with Crippen molar-refractivity contribution in [1.29, 1.82) is 0 Å². The molecule has 0 bridgehead atoms. The second kappa shape index (κ2) is 11.3. The Labute approximate surface area is 264 Å². The van der Waals surface area contributed by atoms with E-state index in [0.29, 0.717) is 11.1 Å². The third-order valence-corrected chi connectivity index (χ3v) is 11.1. The first-order valence-corrected chi connectivity index (χ1v) is 16.3. The quantitative estimate of drug-likeness (QED) is 0.278. The fraction of sp³-hybridized carbons (Fsp3) is 0.471. The lowest BCUT2D eigenvalue weighted by Crippen LogP contribution is -2.32. The van der Waals surface area contributed by atoms with Crippen molar-refractivity contribution < 1.29 is 19.8 Å². The van der Waals surface area contributed by atoms with Gasteiger partial charge in [-0.2, -0.15) is 0 Å². The number of allylic oxidation sites excluding steroid dienone is 4. The second-order valence-corrected chi connectivity index (χ2v) is 15.0. The van der Waals surface area contributed by atoms with E-state index in [9.17, 15) is 19.8 Å². The number of hydrogen-bond acceptors (Lipinski definition) is 4. The van der Waals surface area contributed by atoms with Crippen LogP contribution in [0.2, 0.25) is 0 Å². The van der Waals surface area contributed by atoms with Crippen LogP contribution in [0.5, 0.6) is 0 Å². The highest BCUT2D eigenvalue weighted by Gasteiger charge is 2.38.